The lowest BCUT2D eigenvalue weighted by atomic mass is 9.91. The number of fused-ring (bicyclic) bond motifs is 2. The number of aromatic nitrogens is 2. The molecule has 0 unspecified atom stereocenters. The van der Waals surface area contributed by atoms with Gasteiger partial charge in [0, 0.05) is 5.39 Å². The Morgan fingerprint density at radius 1 is 0.744 bits per heavy atom. The van der Waals surface area contributed by atoms with E-state index >= 15 is 0 Å². The van der Waals surface area contributed by atoms with Crippen LogP contribution in [0.3, 0.4) is 0 Å². The van der Waals surface area contributed by atoms with Crippen LogP contribution in [0.25, 0.3) is 61.3 Å². The first-order valence-electron chi connectivity index (χ1n) is 15.2. The molecule has 0 saturated carbocycles. The van der Waals surface area contributed by atoms with Crippen LogP contribution < -0.4 is 0 Å². The highest BCUT2D eigenvalue weighted by atomic mass is 16.3. The molecule has 0 N–H and O–H groups in total. The van der Waals surface area contributed by atoms with Crippen molar-refractivity contribution in [2.75, 3.05) is 0 Å². The molecular weight excluding hydrogens is 524 g/mol. The zero-order valence-electron chi connectivity index (χ0n) is 25.5. The quantitative estimate of drug-likeness (QED) is 0.202. The molecule has 0 amide bonds. The Hall–Kier alpha value is -4.89. The number of furan rings is 1. The molecular formula is C40H36N2O. The summed E-state index contributed by atoms with van der Waals surface area (Å²) in [7, 11) is 0. The summed E-state index contributed by atoms with van der Waals surface area (Å²) in [5.41, 5.74) is 15.2. The summed E-state index contributed by atoms with van der Waals surface area (Å²) in [6, 6.07) is 36.9. The second-order valence-corrected chi connectivity index (χ2v) is 11.8. The molecule has 0 bridgehead atoms. The van der Waals surface area contributed by atoms with Gasteiger partial charge in [0.1, 0.15) is 17.7 Å². The van der Waals surface area contributed by atoms with Gasteiger partial charge in [0.15, 0.2) is 0 Å². The van der Waals surface area contributed by atoms with Crippen LogP contribution in [0, 0.1) is 13.8 Å². The number of benzene rings is 5. The topological polar surface area (TPSA) is 31.0 Å². The third-order valence-electron chi connectivity index (χ3n) is 8.70. The van der Waals surface area contributed by atoms with Crippen molar-refractivity contribution in [3.63, 3.8) is 0 Å². The van der Waals surface area contributed by atoms with Gasteiger partial charge in [-0.25, -0.2) is 4.98 Å². The average Bonchev–Trinajstić information content (AvgIpc) is 3.61. The number of hydrogen-bond acceptors (Lipinski definition) is 2. The Labute approximate surface area is 253 Å². The normalized spacial score (nSPS) is 11.7. The lowest BCUT2D eigenvalue weighted by molar-refractivity contribution is 0.616. The third-order valence-corrected chi connectivity index (χ3v) is 8.70. The monoisotopic (exact) mass is 560 g/mol. The summed E-state index contributed by atoms with van der Waals surface area (Å²) in [6.07, 6.45) is 2.79. The van der Waals surface area contributed by atoms with Crippen molar-refractivity contribution in [2.45, 2.75) is 47.0 Å². The van der Waals surface area contributed by atoms with E-state index in [1.54, 1.807) is 0 Å². The standard InChI is InChI=1S/C40H36N2O/c1-6-28-21-31(29-15-8-7-9-16-29)22-33(25(2)3)39(28)42-36-18-11-10-17-35(36)41-40(42)34-24-43-37-23-30(19-20-32(34)37)38-26(4)13-12-14-27(38)5/h7-25H,6H2,1-5H3. The minimum Gasteiger partial charge on any atom is -0.464 e. The van der Waals surface area contributed by atoms with Crippen LogP contribution in [0.15, 0.2) is 114 Å². The number of nitrogens with zero attached hydrogens (tertiary/aromatic N) is 2. The molecule has 0 aliphatic carbocycles. The lowest BCUT2D eigenvalue weighted by Gasteiger charge is -2.22. The Morgan fingerprint density at radius 2 is 1.49 bits per heavy atom. The van der Waals surface area contributed by atoms with Crippen LogP contribution in [0.4, 0.5) is 0 Å². The summed E-state index contributed by atoms with van der Waals surface area (Å²) >= 11 is 0. The lowest BCUT2D eigenvalue weighted by Crippen LogP contribution is -2.08. The maximum Gasteiger partial charge on any atom is 0.149 e. The molecule has 0 fully saturated rings. The number of para-hydroxylation sites is 2. The van der Waals surface area contributed by atoms with E-state index in [1.807, 2.05) is 6.26 Å². The molecule has 0 spiro atoms. The van der Waals surface area contributed by atoms with Crippen LogP contribution in [0.2, 0.25) is 0 Å². The van der Waals surface area contributed by atoms with Crippen molar-refractivity contribution in [3.8, 4) is 39.3 Å². The predicted molar refractivity (Wildman–Crippen MR) is 180 cm³/mol. The molecule has 5 aromatic carbocycles. The molecule has 3 nitrogen and oxygen atoms in total. The molecule has 0 radical (unpaired) electrons. The second kappa shape index (κ2) is 10.7. The third kappa shape index (κ3) is 4.56. The van der Waals surface area contributed by atoms with Crippen LogP contribution in [0.5, 0.6) is 0 Å². The molecule has 7 rings (SSSR count). The zero-order valence-corrected chi connectivity index (χ0v) is 25.5. The molecule has 0 saturated heterocycles. The van der Waals surface area contributed by atoms with E-state index in [0.717, 1.165) is 39.8 Å². The van der Waals surface area contributed by atoms with Gasteiger partial charge in [0.2, 0.25) is 0 Å². The summed E-state index contributed by atoms with van der Waals surface area (Å²) in [5, 5.41) is 1.07. The average molecular weight is 561 g/mol. The predicted octanol–water partition coefficient (Wildman–Crippen LogP) is 11.1. The van der Waals surface area contributed by atoms with Crippen molar-refractivity contribution in [3.05, 3.63) is 132 Å². The smallest absolute Gasteiger partial charge is 0.149 e. The Balaban J connectivity index is 1.48. The summed E-state index contributed by atoms with van der Waals surface area (Å²) in [5.74, 6) is 1.22. The van der Waals surface area contributed by atoms with Gasteiger partial charge < -0.3 is 4.42 Å². The van der Waals surface area contributed by atoms with E-state index in [4.69, 9.17) is 9.40 Å². The number of rotatable bonds is 6. The highest BCUT2D eigenvalue weighted by Crippen LogP contribution is 2.41. The first kappa shape index (κ1) is 27.0. The highest BCUT2D eigenvalue weighted by Gasteiger charge is 2.24. The number of hydrogen-bond donors (Lipinski definition) is 0. The highest BCUT2D eigenvalue weighted by molar-refractivity contribution is 5.97. The molecule has 2 aromatic heterocycles. The maximum absolute atomic E-state index is 6.29. The van der Waals surface area contributed by atoms with Crippen LogP contribution in [-0.4, -0.2) is 9.55 Å². The molecule has 0 atom stereocenters. The molecule has 43 heavy (non-hydrogen) atoms. The fraction of sp³-hybridized carbons (Fsp3) is 0.175. The second-order valence-electron chi connectivity index (χ2n) is 11.8. The fourth-order valence-corrected chi connectivity index (χ4v) is 6.56. The molecule has 3 heteroatoms. The van der Waals surface area contributed by atoms with E-state index in [-0.39, 0.29) is 0 Å². The van der Waals surface area contributed by atoms with E-state index < -0.39 is 0 Å². The zero-order chi connectivity index (χ0) is 29.7. The van der Waals surface area contributed by atoms with E-state index in [1.165, 1.54) is 50.2 Å². The van der Waals surface area contributed by atoms with Gasteiger partial charge in [-0.15, -0.1) is 0 Å². The van der Waals surface area contributed by atoms with Crippen molar-refractivity contribution in [2.24, 2.45) is 0 Å². The fourth-order valence-electron chi connectivity index (χ4n) is 6.56. The van der Waals surface area contributed by atoms with Gasteiger partial charge in [-0.3, -0.25) is 4.57 Å². The maximum atomic E-state index is 6.29. The minimum atomic E-state index is 0.318. The Kier molecular flexibility index (Phi) is 6.74. The summed E-state index contributed by atoms with van der Waals surface area (Å²) < 4.78 is 8.67. The van der Waals surface area contributed by atoms with E-state index in [2.05, 4.69) is 142 Å². The van der Waals surface area contributed by atoms with E-state index in [0.29, 0.717) is 5.92 Å². The van der Waals surface area contributed by atoms with Gasteiger partial charge in [-0.2, -0.15) is 0 Å². The van der Waals surface area contributed by atoms with Gasteiger partial charge in [-0.05, 0) is 107 Å². The van der Waals surface area contributed by atoms with Gasteiger partial charge in [0.05, 0.1) is 22.3 Å². The molecule has 0 aliphatic rings. The van der Waals surface area contributed by atoms with Crippen LogP contribution in [-0.2, 0) is 6.42 Å². The largest absolute Gasteiger partial charge is 0.464 e. The Bertz CT molecular complexity index is 2090. The molecule has 212 valence electrons. The van der Waals surface area contributed by atoms with Crippen molar-refractivity contribution >= 4 is 22.0 Å². The summed E-state index contributed by atoms with van der Waals surface area (Å²) in [4.78, 5) is 5.25. The first-order valence-corrected chi connectivity index (χ1v) is 15.2. The van der Waals surface area contributed by atoms with Gasteiger partial charge in [-0.1, -0.05) is 87.5 Å². The van der Waals surface area contributed by atoms with Crippen molar-refractivity contribution in [1.29, 1.82) is 0 Å². The van der Waals surface area contributed by atoms with Gasteiger partial charge >= 0.3 is 0 Å². The first-order chi connectivity index (χ1) is 20.9. The number of aryl methyl sites for hydroxylation is 3. The SMILES string of the molecule is CCc1cc(-c2ccccc2)cc(C(C)C)c1-n1c(-c2coc3cc(-c4c(C)cccc4C)ccc23)nc2ccccc21. The van der Waals surface area contributed by atoms with E-state index in [9.17, 15) is 0 Å². The van der Waals surface area contributed by atoms with Gasteiger partial charge in [0.25, 0.3) is 0 Å². The minimum absolute atomic E-state index is 0.318. The molecule has 7 aromatic rings. The number of imidazole rings is 1. The van der Waals surface area contributed by atoms with Crippen LogP contribution in [0.1, 0.15) is 48.9 Å². The van der Waals surface area contributed by atoms with Crippen molar-refractivity contribution < 1.29 is 4.42 Å². The van der Waals surface area contributed by atoms with Crippen LogP contribution >= 0.6 is 0 Å². The Morgan fingerprint density at radius 3 is 2.23 bits per heavy atom. The molecule has 0 aliphatic heterocycles. The van der Waals surface area contributed by atoms with Crippen molar-refractivity contribution in [1.82, 2.24) is 9.55 Å². The summed E-state index contributed by atoms with van der Waals surface area (Å²) in [6.45, 7) is 11.2. The molecule has 2 heterocycles.